The van der Waals surface area contributed by atoms with Gasteiger partial charge in [0.1, 0.15) is 0 Å². The van der Waals surface area contributed by atoms with Crippen LogP contribution in [0.25, 0.3) is 6.08 Å². The normalized spacial score (nSPS) is 19.4. The highest BCUT2D eigenvalue weighted by Gasteiger charge is 2.26. The van der Waals surface area contributed by atoms with Crippen LogP contribution in [0.15, 0.2) is 11.5 Å². The fraction of sp³-hybridized carbons (Fsp3) is 0.500. The second-order valence-corrected chi connectivity index (χ2v) is 6.04. The first-order valence-corrected chi connectivity index (χ1v) is 7.63. The molecule has 1 aliphatic rings. The SMILES string of the molecule is Cc1nc(/C=C\C(=O)N2CCCC[C@H]2CC(N)=O)cs1. The highest BCUT2D eigenvalue weighted by atomic mass is 32.1. The van der Waals surface area contributed by atoms with Crippen LogP contribution in [-0.2, 0) is 9.59 Å². The molecular weight excluding hydrogens is 274 g/mol. The number of nitrogens with zero attached hydrogens (tertiary/aromatic N) is 2. The van der Waals surface area contributed by atoms with E-state index in [1.807, 2.05) is 12.3 Å². The lowest BCUT2D eigenvalue weighted by Crippen LogP contribution is -2.44. The largest absolute Gasteiger partial charge is 0.370 e. The van der Waals surface area contributed by atoms with Crippen molar-refractivity contribution in [3.63, 3.8) is 0 Å². The number of hydrogen-bond acceptors (Lipinski definition) is 4. The number of amides is 2. The minimum atomic E-state index is -0.353. The summed E-state index contributed by atoms with van der Waals surface area (Å²) >= 11 is 1.55. The number of rotatable bonds is 4. The van der Waals surface area contributed by atoms with E-state index in [1.165, 1.54) is 6.08 Å². The van der Waals surface area contributed by atoms with Gasteiger partial charge in [0.05, 0.1) is 10.7 Å². The van der Waals surface area contributed by atoms with E-state index in [0.29, 0.717) is 6.54 Å². The van der Waals surface area contributed by atoms with Crippen molar-refractivity contribution >= 4 is 29.2 Å². The van der Waals surface area contributed by atoms with Crippen molar-refractivity contribution in [3.8, 4) is 0 Å². The predicted octanol–water partition coefficient (Wildman–Crippen LogP) is 1.72. The molecule has 1 saturated heterocycles. The molecule has 1 atom stereocenters. The summed E-state index contributed by atoms with van der Waals surface area (Å²) in [6.07, 6.45) is 6.37. The zero-order chi connectivity index (χ0) is 14.5. The summed E-state index contributed by atoms with van der Waals surface area (Å²) in [6.45, 7) is 2.62. The summed E-state index contributed by atoms with van der Waals surface area (Å²) in [5, 5.41) is 2.89. The molecule has 1 aromatic heterocycles. The van der Waals surface area contributed by atoms with E-state index >= 15 is 0 Å². The van der Waals surface area contributed by atoms with Crippen LogP contribution in [-0.4, -0.2) is 34.3 Å². The number of carbonyl (C=O) groups excluding carboxylic acids is 2. The number of primary amides is 1. The maximum Gasteiger partial charge on any atom is 0.246 e. The summed E-state index contributed by atoms with van der Waals surface area (Å²) in [4.78, 5) is 29.3. The van der Waals surface area contributed by atoms with Gasteiger partial charge in [-0.1, -0.05) is 0 Å². The Morgan fingerprint density at radius 3 is 3.00 bits per heavy atom. The van der Waals surface area contributed by atoms with Crippen molar-refractivity contribution in [2.45, 2.75) is 38.6 Å². The lowest BCUT2D eigenvalue weighted by Gasteiger charge is -2.34. The van der Waals surface area contributed by atoms with Gasteiger partial charge in [-0.05, 0) is 32.3 Å². The van der Waals surface area contributed by atoms with Gasteiger partial charge >= 0.3 is 0 Å². The highest BCUT2D eigenvalue weighted by molar-refractivity contribution is 7.09. The van der Waals surface area contributed by atoms with Crippen LogP contribution in [0.3, 0.4) is 0 Å². The second kappa shape index (κ2) is 6.65. The van der Waals surface area contributed by atoms with Crippen LogP contribution in [0.2, 0.25) is 0 Å². The van der Waals surface area contributed by atoms with Crippen LogP contribution in [0, 0.1) is 6.92 Å². The Labute approximate surface area is 122 Å². The average Bonchev–Trinajstić information content (AvgIpc) is 2.82. The van der Waals surface area contributed by atoms with Crippen LogP contribution in [0.5, 0.6) is 0 Å². The Morgan fingerprint density at radius 1 is 1.55 bits per heavy atom. The number of thiazole rings is 1. The molecule has 0 unspecified atom stereocenters. The Hall–Kier alpha value is -1.69. The van der Waals surface area contributed by atoms with Crippen molar-refractivity contribution in [1.29, 1.82) is 0 Å². The summed E-state index contributed by atoms with van der Waals surface area (Å²) in [5.74, 6) is -0.421. The van der Waals surface area contributed by atoms with Crippen LogP contribution < -0.4 is 5.73 Å². The van der Waals surface area contributed by atoms with Gasteiger partial charge in [-0.25, -0.2) is 4.98 Å². The number of aryl methyl sites for hydroxylation is 1. The number of aromatic nitrogens is 1. The lowest BCUT2D eigenvalue weighted by atomic mass is 9.99. The molecule has 1 aromatic rings. The molecule has 2 amide bonds. The van der Waals surface area contributed by atoms with E-state index in [-0.39, 0.29) is 24.3 Å². The van der Waals surface area contributed by atoms with E-state index in [2.05, 4.69) is 4.98 Å². The van der Waals surface area contributed by atoms with E-state index < -0.39 is 0 Å². The van der Waals surface area contributed by atoms with Gasteiger partial charge in [0.25, 0.3) is 0 Å². The summed E-state index contributed by atoms with van der Waals surface area (Å²) in [7, 11) is 0. The molecule has 0 radical (unpaired) electrons. The number of hydrogen-bond donors (Lipinski definition) is 1. The monoisotopic (exact) mass is 293 g/mol. The quantitative estimate of drug-likeness (QED) is 0.859. The fourth-order valence-electron chi connectivity index (χ4n) is 2.44. The molecule has 0 spiro atoms. The molecule has 2 N–H and O–H groups in total. The molecule has 0 aliphatic carbocycles. The van der Waals surface area contributed by atoms with Gasteiger partial charge in [-0.3, -0.25) is 9.59 Å². The lowest BCUT2D eigenvalue weighted by molar-refractivity contribution is -0.130. The van der Waals surface area contributed by atoms with Gasteiger partial charge in [-0.15, -0.1) is 11.3 Å². The number of likely N-dealkylation sites (tertiary alicyclic amines) is 1. The minimum Gasteiger partial charge on any atom is -0.370 e. The molecule has 20 heavy (non-hydrogen) atoms. The van der Waals surface area contributed by atoms with Crippen LogP contribution >= 0.6 is 11.3 Å². The van der Waals surface area contributed by atoms with Crippen molar-refractivity contribution in [1.82, 2.24) is 9.88 Å². The molecule has 2 rings (SSSR count). The molecule has 6 heteroatoms. The third-order valence-electron chi connectivity index (χ3n) is 3.38. The standard InChI is InChI=1S/C14H19N3O2S/c1-10-16-11(9-20-10)5-6-14(19)17-7-3-2-4-12(17)8-13(15)18/h5-6,9,12H,2-4,7-8H2,1H3,(H2,15,18)/b6-5-/t12-/m0/s1. The number of piperidine rings is 1. The first-order chi connectivity index (χ1) is 9.56. The molecular formula is C14H19N3O2S. The van der Waals surface area contributed by atoms with Crippen molar-refractivity contribution < 1.29 is 9.59 Å². The van der Waals surface area contributed by atoms with E-state index in [1.54, 1.807) is 22.3 Å². The molecule has 5 nitrogen and oxygen atoms in total. The predicted molar refractivity (Wildman–Crippen MR) is 79.0 cm³/mol. The minimum absolute atomic E-state index is 0.0597. The molecule has 1 fully saturated rings. The zero-order valence-electron chi connectivity index (χ0n) is 11.5. The third-order valence-corrected chi connectivity index (χ3v) is 4.17. The van der Waals surface area contributed by atoms with Gasteiger partial charge < -0.3 is 10.6 Å². The molecule has 2 heterocycles. The molecule has 1 aliphatic heterocycles. The van der Waals surface area contributed by atoms with Gasteiger partial charge in [0.2, 0.25) is 11.8 Å². The Morgan fingerprint density at radius 2 is 2.35 bits per heavy atom. The topological polar surface area (TPSA) is 76.3 Å². The second-order valence-electron chi connectivity index (χ2n) is 4.98. The van der Waals surface area contributed by atoms with E-state index in [0.717, 1.165) is 30.0 Å². The Bertz CT molecular complexity index is 524. The summed E-state index contributed by atoms with van der Waals surface area (Å²) in [6, 6.07) is -0.0597. The van der Waals surface area contributed by atoms with Gasteiger partial charge in [0, 0.05) is 30.5 Å². The van der Waals surface area contributed by atoms with Crippen LogP contribution in [0.4, 0.5) is 0 Å². The van der Waals surface area contributed by atoms with Gasteiger partial charge in [-0.2, -0.15) is 0 Å². The maximum absolute atomic E-state index is 12.2. The Balaban J connectivity index is 2.02. The zero-order valence-corrected chi connectivity index (χ0v) is 12.4. The summed E-state index contributed by atoms with van der Waals surface area (Å²) in [5.41, 5.74) is 6.05. The smallest absolute Gasteiger partial charge is 0.246 e. The van der Waals surface area contributed by atoms with Crippen molar-refractivity contribution in [2.75, 3.05) is 6.54 Å². The molecule has 108 valence electrons. The van der Waals surface area contributed by atoms with Crippen LogP contribution in [0.1, 0.15) is 36.4 Å². The molecule has 0 bridgehead atoms. The average molecular weight is 293 g/mol. The molecule has 0 aromatic carbocycles. The van der Waals surface area contributed by atoms with E-state index in [4.69, 9.17) is 5.73 Å². The number of carbonyl (C=O) groups is 2. The third kappa shape index (κ3) is 3.90. The number of nitrogens with two attached hydrogens (primary N) is 1. The Kier molecular flexibility index (Phi) is 4.89. The fourth-order valence-corrected chi connectivity index (χ4v) is 3.02. The highest BCUT2D eigenvalue weighted by Crippen LogP contribution is 2.20. The van der Waals surface area contributed by atoms with E-state index in [9.17, 15) is 9.59 Å². The summed E-state index contributed by atoms with van der Waals surface area (Å²) < 4.78 is 0. The first kappa shape index (κ1) is 14.7. The maximum atomic E-state index is 12.2. The first-order valence-electron chi connectivity index (χ1n) is 6.75. The van der Waals surface area contributed by atoms with Crippen molar-refractivity contribution in [2.24, 2.45) is 5.73 Å². The molecule has 0 saturated carbocycles. The van der Waals surface area contributed by atoms with Crippen molar-refractivity contribution in [3.05, 3.63) is 22.2 Å². The van der Waals surface area contributed by atoms with Gasteiger partial charge in [0.15, 0.2) is 0 Å².